The number of benzene rings is 1. The predicted molar refractivity (Wildman–Crippen MR) is 76.6 cm³/mol. The number of ether oxygens (including phenoxy) is 1. The van der Waals surface area contributed by atoms with Crippen LogP contribution in [0.4, 0.5) is 0 Å². The molecule has 0 saturated heterocycles. The van der Waals surface area contributed by atoms with E-state index in [0.29, 0.717) is 11.3 Å². The maximum atomic E-state index is 11.2. The fourth-order valence-electron chi connectivity index (χ4n) is 2.59. The Morgan fingerprint density at radius 1 is 1.29 bits per heavy atom. The van der Waals surface area contributed by atoms with Crippen LogP contribution in [0.2, 0.25) is 0 Å². The topological polar surface area (TPSA) is 71.4 Å². The minimum absolute atomic E-state index is 0.244. The zero-order valence-electron chi connectivity index (χ0n) is 10.7. The van der Waals surface area contributed by atoms with Gasteiger partial charge in [-0.2, -0.15) is 0 Å². The molecule has 2 aliphatic rings. The number of hydrogen-bond acceptors (Lipinski definition) is 4. The Balaban J connectivity index is 1.98. The molecule has 0 unspecified atom stereocenters. The number of rotatable bonds is 1. The first kappa shape index (κ1) is 12.3. The van der Waals surface area contributed by atoms with E-state index < -0.39 is 10.1 Å². The van der Waals surface area contributed by atoms with Crippen LogP contribution in [0.5, 0.6) is 0 Å². The second kappa shape index (κ2) is 4.05. The maximum absolute atomic E-state index is 11.2. The molecule has 0 fully saturated rings. The second-order valence-corrected chi connectivity index (χ2v) is 6.26. The van der Waals surface area contributed by atoms with Gasteiger partial charge in [-0.15, -0.1) is 0 Å². The summed E-state index contributed by atoms with van der Waals surface area (Å²) in [7, 11) is -4.50. The van der Waals surface area contributed by atoms with Gasteiger partial charge in [-0.3, -0.25) is 4.57 Å². The molecule has 2 aliphatic heterocycles. The summed E-state index contributed by atoms with van der Waals surface area (Å²) in [5.41, 5.74) is 2.33. The molecule has 5 nitrogen and oxygen atoms in total. The molecule has 2 aromatic rings. The summed E-state index contributed by atoms with van der Waals surface area (Å²) < 4.78 is 40.8. The fraction of sp³-hybridized carbons (Fsp3) is 0.0667. The van der Waals surface area contributed by atoms with Crippen LogP contribution in [-0.2, 0) is 14.9 Å². The molecular formula is C15H9NO4S. The van der Waals surface area contributed by atoms with Crippen molar-refractivity contribution in [3.63, 3.8) is 0 Å². The van der Waals surface area contributed by atoms with E-state index in [1.54, 1.807) is 6.20 Å². The van der Waals surface area contributed by atoms with Crippen LogP contribution < -0.4 is 0 Å². The summed E-state index contributed by atoms with van der Waals surface area (Å²) in [5, 5.41) is 1.02. The first-order chi connectivity index (χ1) is 10.0. The van der Waals surface area contributed by atoms with Gasteiger partial charge in [-0.05, 0) is 12.1 Å². The van der Waals surface area contributed by atoms with Crippen LogP contribution in [0, 0.1) is 6.08 Å². The number of aromatic nitrogens is 1. The molecule has 0 spiro atoms. The van der Waals surface area contributed by atoms with Crippen LogP contribution in [0.3, 0.4) is 0 Å². The molecule has 0 atom stereocenters. The summed E-state index contributed by atoms with van der Waals surface area (Å²) in [6.45, 7) is -0.244. The van der Waals surface area contributed by atoms with E-state index in [2.05, 4.69) is 6.08 Å². The van der Waals surface area contributed by atoms with Crippen molar-refractivity contribution in [1.82, 2.24) is 4.57 Å². The summed E-state index contributed by atoms with van der Waals surface area (Å²) in [5.74, 6) is 0.456. The zero-order chi connectivity index (χ0) is 14.6. The number of para-hydroxylation sites is 1. The minimum Gasteiger partial charge on any atom is -0.744 e. The van der Waals surface area contributed by atoms with Gasteiger partial charge in [0.1, 0.15) is 22.4 Å². The van der Waals surface area contributed by atoms with Crippen molar-refractivity contribution in [3.05, 3.63) is 58.8 Å². The third-order valence-electron chi connectivity index (χ3n) is 3.58. The molecule has 0 saturated carbocycles. The Morgan fingerprint density at radius 3 is 2.90 bits per heavy atom. The van der Waals surface area contributed by atoms with E-state index in [1.807, 2.05) is 34.9 Å². The molecule has 0 N–H and O–H groups in total. The van der Waals surface area contributed by atoms with Gasteiger partial charge in [0, 0.05) is 5.39 Å². The lowest BCUT2D eigenvalue weighted by Crippen LogP contribution is -2.16. The summed E-state index contributed by atoms with van der Waals surface area (Å²) in [4.78, 5) is -0.262. The van der Waals surface area contributed by atoms with Crippen LogP contribution in [0.1, 0.15) is 5.69 Å². The Kier molecular flexibility index (Phi) is 2.38. The number of nitrogens with zero attached hydrogens (tertiary/aromatic N) is 1. The van der Waals surface area contributed by atoms with Gasteiger partial charge < -0.3 is 9.29 Å². The number of allylic oxidation sites excluding steroid dienone is 3. The minimum atomic E-state index is -4.50. The molecular weight excluding hydrogens is 290 g/mol. The average Bonchev–Trinajstić information content (AvgIpc) is 2.84. The molecule has 3 heterocycles. The van der Waals surface area contributed by atoms with E-state index in [-0.39, 0.29) is 11.5 Å². The first-order valence-corrected chi connectivity index (χ1v) is 7.68. The third kappa shape index (κ3) is 1.81. The van der Waals surface area contributed by atoms with Crippen molar-refractivity contribution in [2.75, 3.05) is 6.61 Å². The average molecular weight is 299 g/mol. The van der Waals surface area contributed by atoms with E-state index in [9.17, 15) is 13.0 Å². The Bertz CT molecular complexity index is 961. The van der Waals surface area contributed by atoms with Crippen molar-refractivity contribution < 1.29 is 17.7 Å². The van der Waals surface area contributed by atoms with Crippen molar-refractivity contribution in [3.8, 4) is 0 Å². The Labute approximate surface area is 121 Å². The number of hydrogen-bond donors (Lipinski definition) is 0. The normalized spacial score (nSPS) is 16.9. The molecule has 0 radical (unpaired) electrons. The van der Waals surface area contributed by atoms with E-state index >= 15 is 0 Å². The highest BCUT2D eigenvalue weighted by molar-refractivity contribution is 7.89. The Hall–Kier alpha value is -2.40. The third-order valence-corrected chi connectivity index (χ3v) is 4.46. The molecule has 1 aromatic carbocycles. The van der Waals surface area contributed by atoms with Crippen LogP contribution >= 0.6 is 0 Å². The van der Waals surface area contributed by atoms with Crippen molar-refractivity contribution in [1.29, 1.82) is 0 Å². The van der Waals surface area contributed by atoms with Crippen LogP contribution in [0.25, 0.3) is 22.7 Å². The summed E-state index contributed by atoms with van der Waals surface area (Å²) in [6, 6.07) is 9.71. The number of fused-ring (bicyclic) bond motifs is 4. The SMILES string of the molecule is O=S(=O)([O-])C1=CC2=C([C+]=Cn3c2cc2ccccc23)OC1. The van der Waals surface area contributed by atoms with Gasteiger partial charge in [0.2, 0.25) is 0 Å². The maximum Gasteiger partial charge on any atom is 0.361 e. The molecule has 104 valence electrons. The van der Waals surface area contributed by atoms with Crippen LogP contribution in [-0.4, -0.2) is 24.1 Å². The molecule has 0 aliphatic carbocycles. The standard InChI is InChI=1S/C15H9NO4S/c17-21(18,19)11-8-12-14-7-10-3-1-2-4-13(10)16(14)6-5-15(12)20-9-11/h1-4,6-8H,9H2. The summed E-state index contributed by atoms with van der Waals surface area (Å²) in [6.07, 6.45) is 6.11. The molecule has 6 heteroatoms. The van der Waals surface area contributed by atoms with Gasteiger partial charge in [-0.1, -0.05) is 18.2 Å². The molecule has 0 amide bonds. The van der Waals surface area contributed by atoms with Crippen molar-refractivity contribution in [2.45, 2.75) is 0 Å². The quantitative estimate of drug-likeness (QED) is 0.597. The predicted octanol–water partition coefficient (Wildman–Crippen LogP) is 2.10. The highest BCUT2D eigenvalue weighted by Crippen LogP contribution is 2.35. The smallest absolute Gasteiger partial charge is 0.361 e. The molecule has 21 heavy (non-hydrogen) atoms. The molecule has 1 aromatic heterocycles. The monoisotopic (exact) mass is 299 g/mol. The van der Waals surface area contributed by atoms with Gasteiger partial charge in [0.15, 0.2) is 17.8 Å². The van der Waals surface area contributed by atoms with Gasteiger partial charge in [0.05, 0.1) is 16.5 Å². The lowest BCUT2D eigenvalue weighted by atomic mass is 10.1. The largest absolute Gasteiger partial charge is 0.744 e. The van der Waals surface area contributed by atoms with E-state index in [4.69, 9.17) is 4.74 Å². The first-order valence-electron chi connectivity index (χ1n) is 6.28. The van der Waals surface area contributed by atoms with Crippen molar-refractivity contribution >= 4 is 32.8 Å². The van der Waals surface area contributed by atoms with E-state index in [0.717, 1.165) is 16.6 Å². The zero-order valence-corrected chi connectivity index (χ0v) is 11.6. The summed E-state index contributed by atoms with van der Waals surface area (Å²) >= 11 is 0. The second-order valence-electron chi connectivity index (χ2n) is 4.83. The Morgan fingerprint density at radius 2 is 2.10 bits per heavy atom. The van der Waals surface area contributed by atoms with E-state index in [1.165, 1.54) is 6.08 Å². The van der Waals surface area contributed by atoms with Gasteiger partial charge >= 0.3 is 5.76 Å². The fourth-order valence-corrected chi connectivity index (χ4v) is 3.05. The van der Waals surface area contributed by atoms with Gasteiger partial charge in [0.25, 0.3) is 0 Å². The lowest BCUT2D eigenvalue weighted by Gasteiger charge is -2.16. The van der Waals surface area contributed by atoms with Gasteiger partial charge in [-0.25, -0.2) is 8.42 Å². The van der Waals surface area contributed by atoms with Crippen LogP contribution in [0.15, 0.2) is 47.1 Å². The lowest BCUT2D eigenvalue weighted by molar-refractivity contribution is 0.251. The van der Waals surface area contributed by atoms with Crippen molar-refractivity contribution in [2.24, 2.45) is 0 Å². The highest BCUT2D eigenvalue weighted by atomic mass is 32.2. The molecule has 4 rings (SSSR count). The highest BCUT2D eigenvalue weighted by Gasteiger charge is 2.32. The molecule has 0 bridgehead atoms.